The first-order valence-corrected chi connectivity index (χ1v) is 12.6. The van der Waals surface area contributed by atoms with Gasteiger partial charge < -0.3 is 0 Å². The van der Waals surface area contributed by atoms with E-state index in [1.165, 1.54) is 0 Å². The Hall–Kier alpha value is 2.29. The molecule has 5 heteroatoms. The van der Waals surface area contributed by atoms with E-state index in [1.54, 1.807) is 0 Å². The molecular weight excluding hydrogens is 261 g/mol. The predicted molar refractivity (Wildman–Crippen MR) is 23.3 cm³/mol. The summed E-state index contributed by atoms with van der Waals surface area (Å²) in [5, 5.41) is 0. The first kappa shape index (κ1) is 10.3. The monoisotopic (exact) mass is 258 g/mol. The van der Waals surface area contributed by atoms with Gasteiger partial charge in [-0.1, -0.05) is 0 Å². The topological polar surface area (TPSA) is 0 Å². The number of rotatable bonds is 0. The molecule has 0 aromatic rings. The molecule has 0 saturated carbocycles. The van der Waals surface area contributed by atoms with Crippen molar-refractivity contribution < 1.29 is 29.9 Å². The Balaban J connectivity index is 0. The Kier molecular flexibility index (Phi) is 13.0. The van der Waals surface area contributed by atoms with E-state index < -0.39 is 29.9 Å². The third-order valence-corrected chi connectivity index (χ3v) is 0. The molecule has 0 bridgehead atoms. The molecule has 0 atom stereocenters. The van der Waals surface area contributed by atoms with Crippen molar-refractivity contribution in [2.75, 3.05) is 0 Å². The Labute approximate surface area is 54.4 Å². The average molecular weight is 261 g/mol. The van der Waals surface area contributed by atoms with Crippen LogP contribution < -0.4 is 0 Å². The van der Waals surface area contributed by atoms with Crippen LogP contribution >= 0.6 is 17.4 Å². The second-order valence-electron chi connectivity index (χ2n) is 0.214. The molecule has 0 rings (SSSR count). The van der Waals surface area contributed by atoms with Crippen LogP contribution in [0.4, 0.5) is 0 Å². The van der Waals surface area contributed by atoms with Gasteiger partial charge in [0.15, 0.2) is 0 Å². The van der Waals surface area contributed by atoms with Crippen LogP contribution in [0.15, 0.2) is 0 Å². The van der Waals surface area contributed by atoms with Crippen LogP contribution in [0.5, 0.6) is 0 Å². The molecule has 0 fully saturated rings. The fourth-order valence-corrected chi connectivity index (χ4v) is 0. The van der Waals surface area contributed by atoms with Crippen molar-refractivity contribution in [1.29, 1.82) is 0 Å². The molecular formula is BCl3Nd. The van der Waals surface area contributed by atoms with Gasteiger partial charge in [-0.2, -0.15) is 0 Å². The summed E-state index contributed by atoms with van der Waals surface area (Å²) in [6.07, 6.45) is 0. The van der Waals surface area contributed by atoms with Gasteiger partial charge in [0.2, 0.25) is 0 Å². The van der Waals surface area contributed by atoms with Crippen molar-refractivity contribution in [3.05, 3.63) is 0 Å². The molecule has 3 radical (unpaired) electrons. The Morgan fingerprint density at radius 3 is 1.00 bits per heavy atom. The van der Waals surface area contributed by atoms with E-state index in [9.17, 15) is 0 Å². The molecule has 0 saturated heterocycles. The average Bonchev–Trinajstić information content (AvgIpc) is 0.811. The van der Waals surface area contributed by atoms with Crippen LogP contribution in [0, 0.1) is 29.9 Å². The summed E-state index contributed by atoms with van der Waals surface area (Å²) in [5.74, 6) is 15.1. The van der Waals surface area contributed by atoms with Gasteiger partial charge in [-0.15, -0.1) is 0 Å². The van der Waals surface area contributed by atoms with Crippen LogP contribution in [0.25, 0.3) is 0 Å². The van der Waals surface area contributed by atoms with Gasteiger partial charge in [-0.3, -0.25) is 0 Å². The predicted octanol–water partition coefficient (Wildman–Crippen LogP) is 1.69. The van der Waals surface area contributed by atoms with Crippen molar-refractivity contribution in [2.45, 2.75) is 0 Å². The van der Waals surface area contributed by atoms with Gasteiger partial charge in [0.05, 0.1) is 0 Å². The second-order valence-corrected chi connectivity index (χ2v) is 14.3. The molecule has 0 N–H and O–H groups in total. The van der Waals surface area contributed by atoms with E-state index >= 15 is 0 Å². The summed E-state index contributed by atoms with van der Waals surface area (Å²) in [4.78, 5) is 0. The van der Waals surface area contributed by atoms with Crippen LogP contribution in [0.1, 0.15) is 0 Å². The van der Waals surface area contributed by atoms with E-state index in [0.717, 1.165) is 0 Å². The zero-order valence-electron chi connectivity index (χ0n) is 2.21. The van der Waals surface area contributed by atoms with Gasteiger partial charge in [0, 0.05) is 8.41 Å². The molecule has 0 aliphatic carbocycles. The van der Waals surface area contributed by atoms with E-state index in [-0.39, 0.29) is 8.41 Å². The van der Waals surface area contributed by atoms with E-state index in [2.05, 4.69) is 0 Å². The molecule has 0 unspecified atom stereocenters. The first-order chi connectivity index (χ1) is 1.73. The molecule has 0 aromatic carbocycles. The summed E-state index contributed by atoms with van der Waals surface area (Å²) >= 11 is -2.24. The van der Waals surface area contributed by atoms with Gasteiger partial charge in [0.1, 0.15) is 0 Å². The number of hydrogen-bond donors (Lipinski definition) is 0. The van der Waals surface area contributed by atoms with Crippen molar-refractivity contribution in [3.63, 3.8) is 0 Å². The van der Waals surface area contributed by atoms with Crippen LogP contribution in [-0.4, -0.2) is 8.41 Å². The molecule has 0 heterocycles. The van der Waals surface area contributed by atoms with E-state index in [0.29, 0.717) is 0 Å². The van der Waals surface area contributed by atoms with Crippen molar-refractivity contribution in [3.8, 4) is 0 Å². The first-order valence-electron chi connectivity index (χ1n) is 0.567. The third-order valence-electron chi connectivity index (χ3n) is 0. The number of halogens is 3. The summed E-state index contributed by atoms with van der Waals surface area (Å²) in [6, 6.07) is 0. The van der Waals surface area contributed by atoms with E-state index in [1.807, 2.05) is 0 Å². The summed E-state index contributed by atoms with van der Waals surface area (Å²) in [7, 11) is 0. The summed E-state index contributed by atoms with van der Waals surface area (Å²) in [6.45, 7) is 0. The minimum atomic E-state index is -2.24. The van der Waals surface area contributed by atoms with Crippen LogP contribution in [-0.2, 0) is 0 Å². The maximum atomic E-state index is 5.02. The Morgan fingerprint density at radius 2 is 1.00 bits per heavy atom. The summed E-state index contributed by atoms with van der Waals surface area (Å²) in [5.41, 5.74) is 0. The fourth-order valence-electron chi connectivity index (χ4n) is 0. The molecule has 0 aliphatic rings. The van der Waals surface area contributed by atoms with Crippen molar-refractivity contribution in [1.82, 2.24) is 0 Å². The Morgan fingerprint density at radius 1 is 1.00 bits per heavy atom. The summed E-state index contributed by atoms with van der Waals surface area (Å²) < 4.78 is 0. The van der Waals surface area contributed by atoms with E-state index in [4.69, 9.17) is 17.4 Å². The minimum absolute atomic E-state index is 0. The quantitative estimate of drug-likeness (QED) is 0.582. The van der Waals surface area contributed by atoms with Gasteiger partial charge in [-0.05, 0) is 0 Å². The second kappa shape index (κ2) is 6.29. The zero-order chi connectivity index (χ0) is 3.58. The molecule has 0 nitrogen and oxygen atoms in total. The Bertz CT molecular complexity index is 11.6. The number of hydrogen-bond acceptors (Lipinski definition) is 0. The van der Waals surface area contributed by atoms with Crippen LogP contribution in [0.3, 0.4) is 0 Å². The molecule has 0 aromatic heterocycles. The molecule has 0 spiro atoms. The fraction of sp³-hybridized carbons (Fsp3) is 0. The van der Waals surface area contributed by atoms with Crippen LogP contribution in [0.2, 0.25) is 0 Å². The molecule has 0 aliphatic heterocycles. The standard InChI is InChI=1S/B.3ClH.Nd/h;3*1H;/q;;;;+3/p-3. The van der Waals surface area contributed by atoms with Gasteiger partial charge >= 0.3 is 47.3 Å². The molecule has 28 valence electrons. The van der Waals surface area contributed by atoms with Crippen molar-refractivity contribution in [2.24, 2.45) is 0 Å². The van der Waals surface area contributed by atoms with Crippen molar-refractivity contribution >= 4 is 25.8 Å². The third kappa shape index (κ3) is 22.1. The molecule has 5 heavy (non-hydrogen) atoms. The van der Waals surface area contributed by atoms with Gasteiger partial charge in [0.25, 0.3) is 0 Å². The molecule has 0 amide bonds. The SMILES string of the molecule is [B].[Cl][Nd]([Cl])[Cl]. The maximum absolute atomic E-state index is 5.02. The normalized spacial score (nSPS) is 5.40. The zero-order valence-corrected chi connectivity index (χ0v) is 7.69. The van der Waals surface area contributed by atoms with Gasteiger partial charge in [-0.25, -0.2) is 0 Å².